The summed E-state index contributed by atoms with van der Waals surface area (Å²) in [5, 5.41) is 87.6. The van der Waals surface area contributed by atoms with E-state index in [9.17, 15) is 45.6 Å². The fourth-order valence-corrected chi connectivity index (χ4v) is 12.2. The van der Waals surface area contributed by atoms with Crippen molar-refractivity contribution in [3.8, 4) is 0 Å². The molecule has 2 rings (SSSR count). The van der Waals surface area contributed by atoms with E-state index >= 15 is 0 Å². The third-order valence-corrected chi connectivity index (χ3v) is 18.1. The lowest BCUT2D eigenvalue weighted by molar-refractivity contribution is -0.359. The van der Waals surface area contributed by atoms with Crippen LogP contribution >= 0.6 is 0 Å². The van der Waals surface area contributed by atoms with Crippen LogP contribution in [0.4, 0.5) is 0 Å². The van der Waals surface area contributed by atoms with Gasteiger partial charge in [-0.25, -0.2) is 0 Å². The molecule has 0 bridgehead atoms. The number of carbonyl (C=O) groups is 1. The fourth-order valence-electron chi connectivity index (χ4n) is 12.2. The quantitative estimate of drug-likeness (QED) is 0.0204. The largest absolute Gasteiger partial charge is 0.394 e. The summed E-state index contributed by atoms with van der Waals surface area (Å²) in [5.41, 5.74) is 0. The highest BCUT2D eigenvalue weighted by molar-refractivity contribution is 5.76. The maximum absolute atomic E-state index is 13.4. The van der Waals surface area contributed by atoms with Crippen LogP contribution in [0.1, 0.15) is 316 Å². The zero-order chi connectivity index (χ0) is 65.9. The molecule has 0 aromatic heterocycles. The van der Waals surface area contributed by atoms with Gasteiger partial charge in [0.15, 0.2) is 12.6 Å². The van der Waals surface area contributed by atoms with Gasteiger partial charge in [-0.2, -0.15) is 0 Å². The van der Waals surface area contributed by atoms with E-state index in [-0.39, 0.29) is 18.9 Å². The molecule has 12 unspecified atom stereocenters. The maximum atomic E-state index is 13.4. The van der Waals surface area contributed by atoms with Gasteiger partial charge in [0.2, 0.25) is 5.91 Å². The van der Waals surface area contributed by atoms with Crippen LogP contribution in [0.5, 0.6) is 0 Å². The Morgan fingerprint density at radius 2 is 0.758 bits per heavy atom. The smallest absolute Gasteiger partial charge is 0.220 e. The zero-order valence-electron chi connectivity index (χ0n) is 57.8. The van der Waals surface area contributed by atoms with Gasteiger partial charge >= 0.3 is 0 Å². The molecule has 0 aromatic carbocycles. The van der Waals surface area contributed by atoms with E-state index in [4.69, 9.17) is 18.9 Å². The standard InChI is InChI=1S/C77H139NO13/c1-3-5-7-9-11-13-15-17-19-21-23-25-27-29-30-31-32-33-34-35-37-38-40-42-44-46-48-50-52-54-56-58-60-66(81)65(64-88-76-74(87)72(85)75(68(63-80)90-76)91-77-73(86)71(84)70(83)67(62-79)89-77)78-69(82)61-59-57-55-53-51-49-47-45-43-41-39-36-28-26-24-22-20-18-16-14-12-10-8-6-4-2/h6,8,12,14,18,20,24,26,36,39,58,60,65-68,70-77,79-81,83-87H,3-5,7,9-11,13,15-17,19,21-23,25,27-35,37-38,40-57,59,61-64H2,1-2H3,(H,78,82)/b8-6-,14-12-,20-18-,26-24-,39-36-,60-58+. The number of hydrogen-bond donors (Lipinski definition) is 9. The van der Waals surface area contributed by atoms with Crippen molar-refractivity contribution in [3.05, 3.63) is 72.9 Å². The van der Waals surface area contributed by atoms with Gasteiger partial charge in [-0.1, -0.05) is 318 Å². The number of aliphatic hydroxyl groups is 8. The van der Waals surface area contributed by atoms with Crippen molar-refractivity contribution < 1.29 is 64.6 Å². The van der Waals surface area contributed by atoms with Crippen molar-refractivity contribution in [2.45, 2.75) is 389 Å². The van der Waals surface area contributed by atoms with Crippen LogP contribution in [0.2, 0.25) is 0 Å². The van der Waals surface area contributed by atoms with Crippen molar-refractivity contribution in [2.75, 3.05) is 19.8 Å². The number of hydrogen-bond acceptors (Lipinski definition) is 13. The molecular formula is C77H139NO13. The summed E-state index contributed by atoms with van der Waals surface area (Å²) in [6, 6.07) is -0.924. The Balaban J connectivity index is 1.65. The van der Waals surface area contributed by atoms with Gasteiger partial charge in [-0.3, -0.25) is 4.79 Å². The summed E-state index contributed by atoms with van der Waals surface area (Å²) in [7, 11) is 0. The van der Waals surface area contributed by atoms with Crippen molar-refractivity contribution in [1.82, 2.24) is 5.32 Å². The summed E-state index contributed by atoms with van der Waals surface area (Å²) in [4.78, 5) is 13.4. The van der Waals surface area contributed by atoms with Crippen LogP contribution in [-0.4, -0.2) is 140 Å². The summed E-state index contributed by atoms with van der Waals surface area (Å²) in [5.74, 6) is -0.244. The second-order valence-corrected chi connectivity index (χ2v) is 26.4. The number of nitrogens with one attached hydrogen (secondary N) is 1. The van der Waals surface area contributed by atoms with Crippen molar-refractivity contribution in [2.24, 2.45) is 0 Å². The first kappa shape index (κ1) is 84.5. The third-order valence-electron chi connectivity index (χ3n) is 18.1. The lowest BCUT2D eigenvalue weighted by Crippen LogP contribution is -2.65. The molecule has 9 N–H and O–H groups in total. The van der Waals surface area contributed by atoms with E-state index < -0.39 is 86.8 Å². The number of amides is 1. The van der Waals surface area contributed by atoms with Crippen LogP contribution in [0, 0.1) is 0 Å². The zero-order valence-corrected chi connectivity index (χ0v) is 57.8. The van der Waals surface area contributed by atoms with Crippen molar-refractivity contribution in [3.63, 3.8) is 0 Å². The number of carbonyl (C=O) groups excluding carboxylic acids is 1. The normalized spacial score (nSPS) is 23.2. The number of aliphatic hydroxyl groups excluding tert-OH is 8. The molecule has 14 nitrogen and oxygen atoms in total. The summed E-state index contributed by atoms with van der Waals surface area (Å²) in [6.07, 6.45) is 66.8. The van der Waals surface area contributed by atoms with Gasteiger partial charge in [-0.05, 0) is 64.2 Å². The molecule has 0 aromatic rings. The van der Waals surface area contributed by atoms with Crippen LogP contribution in [0.3, 0.4) is 0 Å². The molecule has 14 heteroatoms. The van der Waals surface area contributed by atoms with Gasteiger partial charge < -0.3 is 65.1 Å². The molecule has 530 valence electrons. The molecular weight excluding hydrogens is 1150 g/mol. The minimum absolute atomic E-state index is 0.244. The second kappa shape index (κ2) is 61.1. The van der Waals surface area contributed by atoms with Gasteiger partial charge in [0.05, 0.1) is 32.0 Å². The predicted molar refractivity (Wildman–Crippen MR) is 373 cm³/mol. The topological polar surface area (TPSA) is 228 Å². The lowest BCUT2D eigenvalue weighted by atomic mass is 9.97. The minimum atomic E-state index is -1.79. The Morgan fingerprint density at radius 3 is 1.16 bits per heavy atom. The molecule has 2 saturated heterocycles. The minimum Gasteiger partial charge on any atom is -0.394 e. The molecule has 0 radical (unpaired) electrons. The summed E-state index contributed by atoms with van der Waals surface area (Å²) < 4.78 is 22.9. The van der Waals surface area contributed by atoms with Crippen molar-refractivity contribution >= 4 is 5.91 Å². The van der Waals surface area contributed by atoms with E-state index in [0.29, 0.717) is 6.42 Å². The molecule has 2 aliphatic heterocycles. The Hall–Kier alpha value is -2.57. The van der Waals surface area contributed by atoms with E-state index in [1.54, 1.807) is 6.08 Å². The summed E-state index contributed by atoms with van der Waals surface area (Å²) in [6.45, 7) is 2.72. The van der Waals surface area contributed by atoms with E-state index in [0.717, 1.165) is 77.0 Å². The predicted octanol–water partition coefficient (Wildman–Crippen LogP) is 16.2. The van der Waals surface area contributed by atoms with Gasteiger partial charge in [0.1, 0.15) is 48.8 Å². The highest BCUT2D eigenvalue weighted by Gasteiger charge is 2.51. The second-order valence-electron chi connectivity index (χ2n) is 26.4. The molecule has 1 amide bonds. The first-order valence-electron chi connectivity index (χ1n) is 37.7. The number of rotatable bonds is 62. The Kier molecular flexibility index (Phi) is 56.7. The molecule has 2 fully saturated rings. The Labute approximate surface area is 555 Å². The molecule has 91 heavy (non-hydrogen) atoms. The van der Waals surface area contributed by atoms with Gasteiger partial charge in [-0.15, -0.1) is 0 Å². The number of unbranched alkanes of at least 4 members (excludes halogenated alkanes) is 39. The Bertz CT molecular complexity index is 1800. The first-order valence-corrected chi connectivity index (χ1v) is 37.7. The first-order chi connectivity index (χ1) is 44.6. The van der Waals surface area contributed by atoms with Crippen LogP contribution in [-0.2, 0) is 23.7 Å². The van der Waals surface area contributed by atoms with Gasteiger partial charge in [0.25, 0.3) is 0 Å². The van der Waals surface area contributed by atoms with Crippen molar-refractivity contribution in [1.29, 1.82) is 0 Å². The van der Waals surface area contributed by atoms with E-state index in [1.807, 2.05) is 6.08 Å². The summed E-state index contributed by atoms with van der Waals surface area (Å²) >= 11 is 0. The third kappa shape index (κ3) is 44.7. The number of ether oxygens (including phenoxy) is 4. The maximum Gasteiger partial charge on any atom is 0.220 e. The highest BCUT2D eigenvalue weighted by Crippen LogP contribution is 2.30. The van der Waals surface area contributed by atoms with Crippen LogP contribution in [0.25, 0.3) is 0 Å². The SMILES string of the molecule is CC/C=C\C/C=C\C/C=C\C/C=C\C/C=C\CCCCCCCCCCCC(=O)NC(COC1OC(CO)C(OC2OC(CO)C(O)C(O)C2O)C(O)C1O)C(O)/C=C/CCCCCCCCCCCCCCCCCCCCCCCCCCCCCCCC. The molecule has 0 saturated carbocycles. The molecule has 0 aliphatic carbocycles. The van der Waals surface area contributed by atoms with Crippen LogP contribution < -0.4 is 5.32 Å². The highest BCUT2D eigenvalue weighted by atomic mass is 16.7. The Morgan fingerprint density at radius 1 is 0.407 bits per heavy atom. The molecule has 2 heterocycles. The van der Waals surface area contributed by atoms with Gasteiger partial charge in [0, 0.05) is 6.42 Å². The average Bonchev–Trinajstić information content (AvgIpc) is 1.15. The van der Waals surface area contributed by atoms with E-state index in [1.165, 1.54) is 212 Å². The average molecular weight is 1290 g/mol. The molecule has 12 atom stereocenters. The fraction of sp³-hybridized carbons (Fsp3) is 0.831. The van der Waals surface area contributed by atoms with E-state index in [2.05, 4.69) is 79.9 Å². The molecule has 0 spiro atoms. The lowest BCUT2D eigenvalue weighted by Gasteiger charge is -2.46. The van der Waals surface area contributed by atoms with Crippen LogP contribution in [0.15, 0.2) is 72.9 Å². The molecule has 2 aliphatic rings. The number of allylic oxidation sites excluding steroid dienone is 11. The monoisotopic (exact) mass is 1290 g/mol.